The van der Waals surface area contributed by atoms with E-state index in [1.807, 2.05) is 13.0 Å². The number of hydrogen-bond acceptors (Lipinski definition) is 4. The average Bonchev–Trinajstić information content (AvgIpc) is 3.12. The van der Waals surface area contributed by atoms with Crippen molar-refractivity contribution in [3.05, 3.63) is 35.9 Å². The molecule has 0 heterocycles. The molecule has 4 fully saturated rings. The molecule has 0 aliphatic heterocycles. The number of ether oxygens (including phenoxy) is 2. The number of carbonyl (C=O) groups is 2. The Morgan fingerprint density at radius 2 is 1.10 bits per heavy atom. The molecule has 4 aliphatic rings. The van der Waals surface area contributed by atoms with Gasteiger partial charge in [-0.1, -0.05) is 160 Å². The molecule has 5 rings (SSSR count). The molecule has 296 valence electrons. The summed E-state index contributed by atoms with van der Waals surface area (Å²) in [5.74, 6) is 2.09. The van der Waals surface area contributed by atoms with Crippen LogP contribution < -0.4 is 0 Å². The van der Waals surface area contributed by atoms with E-state index in [-0.39, 0.29) is 23.5 Å². The molecule has 4 nitrogen and oxygen atoms in total. The first-order chi connectivity index (χ1) is 25.1. The molecular weight excluding hydrogens is 641 g/mol. The predicted molar refractivity (Wildman–Crippen MR) is 217 cm³/mol. The molecule has 4 saturated carbocycles. The van der Waals surface area contributed by atoms with Crippen molar-refractivity contribution in [3.63, 3.8) is 0 Å². The van der Waals surface area contributed by atoms with Gasteiger partial charge in [-0.2, -0.15) is 0 Å². The van der Waals surface area contributed by atoms with Gasteiger partial charge in [-0.15, -0.1) is 0 Å². The smallest absolute Gasteiger partial charge is 0.312 e. The third-order valence-electron chi connectivity index (χ3n) is 13.7. The molecule has 0 saturated heterocycles. The first kappa shape index (κ1) is 42.9. The molecule has 4 heteroatoms. The van der Waals surface area contributed by atoms with Gasteiger partial charge in [-0.25, -0.2) is 0 Å². The van der Waals surface area contributed by atoms with Crippen LogP contribution in [0.25, 0.3) is 0 Å². The van der Waals surface area contributed by atoms with Gasteiger partial charge in [0.25, 0.3) is 0 Å². The molecule has 1 aromatic rings. The van der Waals surface area contributed by atoms with Crippen LogP contribution in [0.5, 0.6) is 0 Å². The molecule has 0 N–H and O–H groups in total. The van der Waals surface area contributed by atoms with Gasteiger partial charge < -0.3 is 9.47 Å². The molecule has 3 atom stereocenters. The minimum Gasteiger partial charge on any atom is -0.465 e. The second-order valence-electron chi connectivity index (χ2n) is 18.8. The van der Waals surface area contributed by atoms with Crippen molar-refractivity contribution in [2.45, 2.75) is 219 Å². The monoisotopic (exact) mass is 721 g/mol. The van der Waals surface area contributed by atoms with E-state index >= 15 is 0 Å². The second-order valence-corrected chi connectivity index (χ2v) is 18.8. The van der Waals surface area contributed by atoms with E-state index in [4.69, 9.17) is 9.47 Å². The number of esters is 2. The van der Waals surface area contributed by atoms with Crippen molar-refractivity contribution >= 4 is 11.9 Å². The van der Waals surface area contributed by atoms with E-state index in [0.29, 0.717) is 25.9 Å². The molecule has 0 radical (unpaired) electrons. The van der Waals surface area contributed by atoms with Crippen molar-refractivity contribution in [2.75, 3.05) is 6.61 Å². The summed E-state index contributed by atoms with van der Waals surface area (Å²) in [6.07, 6.45) is 33.0. The topological polar surface area (TPSA) is 52.6 Å². The number of rotatable bonds is 28. The number of benzene rings is 1. The van der Waals surface area contributed by atoms with Crippen LogP contribution in [0.2, 0.25) is 0 Å². The van der Waals surface area contributed by atoms with Gasteiger partial charge in [-0.3, -0.25) is 9.59 Å². The van der Waals surface area contributed by atoms with Crippen LogP contribution in [0.3, 0.4) is 0 Å². The van der Waals surface area contributed by atoms with E-state index in [9.17, 15) is 9.59 Å². The van der Waals surface area contributed by atoms with Crippen LogP contribution in [0.15, 0.2) is 30.3 Å². The van der Waals surface area contributed by atoms with Crippen molar-refractivity contribution in [2.24, 2.45) is 28.6 Å². The Morgan fingerprint density at radius 1 is 0.654 bits per heavy atom. The highest BCUT2D eigenvalue weighted by molar-refractivity contribution is 5.81. The lowest BCUT2D eigenvalue weighted by Crippen LogP contribution is -2.54. The fourth-order valence-corrected chi connectivity index (χ4v) is 10.8. The van der Waals surface area contributed by atoms with E-state index < -0.39 is 10.8 Å². The van der Waals surface area contributed by atoms with Gasteiger partial charge in [0, 0.05) is 0 Å². The van der Waals surface area contributed by atoms with E-state index in [1.54, 1.807) is 0 Å². The molecule has 3 unspecified atom stereocenters. The van der Waals surface area contributed by atoms with Gasteiger partial charge in [-0.05, 0) is 107 Å². The molecule has 1 aromatic carbocycles. The summed E-state index contributed by atoms with van der Waals surface area (Å²) >= 11 is 0. The Morgan fingerprint density at radius 3 is 1.54 bits per heavy atom. The Hall–Kier alpha value is -1.84. The lowest BCUT2D eigenvalue weighted by molar-refractivity contribution is -0.199. The van der Waals surface area contributed by atoms with E-state index in [2.05, 4.69) is 52.0 Å². The predicted octanol–water partition coefficient (Wildman–Crippen LogP) is 14.1. The zero-order valence-corrected chi connectivity index (χ0v) is 34.6. The van der Waals surface area contributed by atoms with Gasteiger partial charge in [0.2, 0.25) is 0 Å². The van der Waals surface area contributed by atoms with E-state index in [0.717, 1.165) is 49.9 Å². The van der Waals surface area contributed by atoms with Gasteiger partial charge in [0.15, 0.2) is 0 Å². The third-order valence-corrected chi connectivity index (χ3v) is 13.7. The summed E-state index contributed by atoms with van der Waals surface area (Å²) in [6.45, 7) is 11.1. The van der Waals surface area contributed by atoms with Crippen LogP contribution in [-0.2, 0) is 19.1 Å². The summed E-state index contributed by atoms with van der Waals surface area (Å²) in [5, 5.41) is 0. The minimum atomic E-state index is -0.783. The van der Waals surface area contributed by atoms with Crippen molar-refractivity contribution in [1.82, 2.24) is 0 Å². The zero-order chi connectivity index (χ0) is 37.3. The van der Waals surface area contributed by atoms with E-state index in [1.165, 1.54) is 128 Å². The Labute approximate surface area is 320 Å². The first-order valence-electron chi connectivity index (χ1n) is 22.6. The Kier molecular flexibility index (Phi) is 18.1. The Balaban J connectivity index is 1.17. The van der Waals surface area contributed by atoms with Gasteiger partial charge >= 0.3 is 11.9 Å². The molecule has 4 aliphatic carbocycles. The van der Waals surface area contributed by atoms with Crippen LogP contribution in [0.1, 0.15) is 219 Å². The standard InChI is InChI=1S/C48H80O4/c1-6-8-9-10-11-12-13-14-15-16-17-18-19-20-21-22-23-27-30-51-44(49)47(5,34-39(3)43-28-25-24-26-29-43)38-46(4,7-2)45(50)52-48-35-40-31-41(36-48)33-42(32-40)37-48/h24-26,28-29,39-42H,6-23,27,30-38H2,1-5H3. The summed E-state index contributed by atoms with van der Waals surface area (Å²) in [6, 6.07) is 10.5. The molecular formula is C48H80O4. The zero-order valence-electron chi connectivity index (χ0n) is 34.6. The summed E-state index contributed by atoms with van der Waals surface area (Å²) in [5.41, 5.74) is -0.571. The molecule has 0 amide bonds. The maximum atomic E-state index is 14.2. The average molecular weight is 721 g/mol. The number of carbonyl (C=O) groups excluding carboxylic acids is 2. The van der Waals surface area contributed by atoms with Crippen LogP contribution in [-0.4, -0.2) is 24.1 Å². The quantitative estimate of drug-likeness (QED) is 0.0639. The summed E-state index contributed by atoms with van der Waals surface area (Å²) in [7, 11) is 0. The lowest BCUT2D eigenvalue weighted by atomic mass is 9.54. The summed E-state index contributed by atoms with van der Waals surface area (Å²) in [4.78, 5) is 28.3. The normalized spacial score (nSPS) is 25.0. The van der Waals surface area contributed by atoms with Gasteiger partial charge in [0.05, 0.1) is 17.4 Å². The van der Waals surface area contributed by atoms with Crippen molar-refractivity contribution < 1.29 is 19.1 Å². The maximum Gasteiger partial charge on any atom is 0.312 e. The minimum absolute atomic E-state index is 0.0909. The van der Waals surface area contributed by atoms with Crippen molar-refractivity contribution in [1.29, 1.82) is 0 Å². The van der Waals surface area contributed by atoms with Crippen LogP contribution in [0.4, 0.5) is 0 Å². The number of unbranched alkanes of at least 4 members (excludes halogenated alkanes) is 17. The highest BCUT2D eigenvalue weighted by atomic mass is 16.6. The molecule has 52 heavy (non-hydrogen) atoms. The molecule has 4 bridgehead atoms. The maximum absolute atomic E-state index is 14.2. The van der Waals surface area contributed by atoms with Crippen molar-refractivity contribution in [3.8, 4) is 0 Å². The highest BCUT2D eigenvalue weighted by Gasteiger charge is 2.55. The molecule has 0 aromatic heterocycles. The second kappa shape index (κ2) is 21.9. The largest absolute Gasteiger partial charge is 0.465 e. The fourth-order valence-electron chi connectivity index (χ4n) is 10.8. The SMILES string of the molecule is CCCCCCCCCCCCCCCCCCCCOC(=O)C(C)(CC(C)c1ccccc1)CC(C)(CC)C(=O)OC12CC3CC(CC(C3)C1)C2. The third kappa shape index (κ3) is 13.5. The van der Waals surface area contributed by atoms with Crippen LogP contribution in [0, 0.1) is 28.6 Å². The lowest BCUT2D eigenvalue weighted by Gasteiger charge is -2.56. The molecule has 0 spiro atoms. The fraction of sp³-hybridized carbons (Fsp3) is 0.833. The van der Waals surface area contributed by atoms with Crippen LogP contribution >= 0.6 is 0 Å². The summed E-state index contributed by atoms with van der Waals surface area (Å²) < 4.78 is 12.7. The van der Waals surface area contributed by atoms with Gasteiger partial charge in [0.1, 0.15) is 5.60 Å². The number of hydrogen-bond donors (Lipinski definition) is 0. The first-order valence-corrected chi connectivity index (χ1v) is 22.6. The highest BCUT2D eigenvalue weighted by Crippen LogP contribution is 2.58. The Bertz CT molecular complexity index is 1120.